The normalized spacial score (nSPS) is 12.0. The summed E-state index contributed by atoms with van der Waals surface area (Å²) in [6.07, 6.45) is -3.14. The molecule has 6 nitrogen and oxygen atoms in total. The van der Waals surface area contributed by atoms with Crippen LogP contribution in [0.5, 0.6) is 0 Å². The third kappa shape index (κ3) is 17.3. The zero-order valence-corrected chi connectivity index (χ0v) is 25.9. The summed E-state index contributed by atoms with van der Waals surface area (Å²) in [5, 5.41) is 9.59. The van der Waals surface area contributed by atoms with Crippen molar-refractivity contribution in [2.75, 3.05) is 34.1 Å². The number of halogens is 6. The average Bonchev–Trinajstić information content (AvgIpc) is 2.89. The van der Waals surface area contributed by atoms with E-state index in [0.717, 1.165) is 69.7 Å². The molecule has 1 atom stereocenters. The number of aliphatic hydroxyl groups is 1. The number of alkyl halides is 6. The lowest BCUT2D eigenvalue weighted by atomic mass is 9.99. The van der Waals surface area contributed by atoms with Crippen molar-refractivity contribution in [1.82, 2.24) is 5.32 Å². The van der Waals surface area contributed by atoms with Gasteiger partial charge in [0.25, 0.3) is 5.91 Å². The number of aliphatic hydroxyl groups excluding tert-OH is 1. The lowest BCUT2D eigenvalue weighted by Gasteiger charge is -2.13. The maximum Gasteiger partial charge on any atom is 0.416 e. The van der Waals surface area contributed by atoms with Crippen LogP contribution in [0, 0.1) is 12.8 Å². The number of aryl methyl sites for hydroxylation is 1. The van der Waals surface area contributed by atoms with E-state index in [9.17, 15) is 39.6 Å². The second-order valence-corrected chi connectivity index (χ2v) is 11.4. The Morgan fingerprint density at radius 1 is 0.952 bits per heavy atom. The summed E-state index contributed by atoms with van der Waals surface area (Å²) >= 11 is 0. The van der Waals surface area contributed by atoms with Crippen LogP contribution in [0.2, 0.25) is 0 Å². The zero-order chi connectivity index (χ0) is 33.1. The van der Waals surface area contributed by atoms with Crippen molar-refractivity contribution in [1.29, 1.82) is 0 Å². The highest BCUT2D eigenvalue weighted by Crippen LogP contribution is 2.32. The van der Waals surface area contributed by atoms with Crippen LogP contribution in [0.1, 0.15) is 74.4 Å². The summed E-state index contributed by atoms with van der Waals surface area (Å²) < 4.78 is 102. The summed E-state index contributed by atoms with van der Waals surface area (Å²) in [5.41, 5.74) is -1.32. The van der Waals surface area contributed by atoms with Crippen LogP contribution in [-0.2, 0) is 26.9 Å². The standard InChI is InChI=1S/C18H26F3NO3S.C8H7F3.C2H6O.CH4O.H2/c1-4-7-13(2)8-5-6-11-22-17(23)15-10-9-14(18(19,20)21)12-16(15)26(3,24)25;1-6-3-2-4-7(5-6)8(9,10)11;1-3-2;1-2;/h9-10,12-13H,4-8,11H2,1-3H3,(H,22,23);2-5H,1H3;1-2H3;2H,1H3;1H. The quantitative estimate of drug-likeness (QED) is 0.220. The summed E-state index contributed by atoms with van der Waals surface area (Å²) in [6, 6.07) is 7.37. The van der Waals surface area contributed by atoms with E-state index < -0.39 is 44.1 Å². The Morgan fingerprint density at radius 2 is 1.48 bits per heavy atom. The summed E-state index contributed by atoms with van der Waals surface area (Å²) in [7, 11) is 0.275. The van der Waals surface area contributed by atoms with Gasteiger partial charge in [-0.05, 0) is 43.5 Å². The van der Waals surface area contributed by atoms with Crippen molar-refractivity contribution >= 4 is 15.7 Å². The van der Waals surface area contributed by atoms with Gasteiger partial charge in [0, 0.05) is 35.6 Å². The number of carbonyl (C=O) groups excluding carboxylic acids is 1. The molecule has 0 bridgehead atoms. The molecule has 0 aromatic heterocycles. The molecule has 0 saturated heterocycles. The molecule has 2 aromatic carbocycles. The predicted molar refractivity (Wildman–Crippen MR) is 154 cm³/mol. The predicted octanol–water partition coefficient (Wildman–Crippen LogP) is 7.58. The van der Waals surface area contributed by atoms with Gasteiger partial charge in [-0.3, -0.25) is 4.79 Å². The molecule has 0 fully saturated rings. The second-order valence-electron chi connectivity index (χ2n) is 9.40. The minimum atomic E-state index is -4.68. The molecule has 2 N–H and O–H groups in total. The molecule has 2 rings (SSSR count). The minimum absolute atomic E-state index is 0. The Hall–Kier alpha value is -2.64. The van der Waals surface area contributed by atoms with Gasteiger partial charge in [0.2, 0.25) is 0 Å². The highest BCUT2D eigenvalue weighted by Gasteiger charge is 2.33. The van der Waals surface area contributed by atoms with Crippen molar-refractivity contribution in [3.63, 3.8) is 0 Å². The highest BCUT2D eigenvalue weighted by molar-refractivity contribution is 7.90. The lowest BCUT2D eigenvalue weighted by molar-refractivity contribution is -0.138. The average molecular weight is 634 g/mol. The van der Waals surface area contributed by atoms with Gasteiger partial charge in [-0.15, -0.1) is 0 Å². The number of hydrogen-bond donors (Lipinski definition) is 2. The Bertz CT molecular complexity index is 1160. The molecule has 0 saturated carbocycles. The van der Waals surface area contributed by atoms with Crippen molar-refractivity contribution < 1.29 is 50.8 Å². The minimum Gasteiger partial charge on any atom is -0.400 e. The maximum atomic E-state index is 12.8. The van der Waals surface area contributed by atoms with Gasteiger partial charge in [0.1, 0.15) is 0 Å². The Kier molecular flexibility index (Phi) is 20.1. The molecule has 0 aliphatic rings. The van der Waals surface area contributed by atoms with E-state index in [-0.39, 0.29) is 6.99 Å². The van der Waals surface area contributed by atoms with Gasteiger partial charge in [-0.25, -0.2) is 8.42 Å². The first kappa shape index (κ1) is 41.5. The molecule has 0 spiro atoms. The molecule has 2 aromatic rings. The molecule has 1 amide bonds. The number of nitrogens with one attached hydrogen (secondary N) is 1. The van der Waals surface area contributed by atoms with Crippen LogP contribution in [0.4, 0.5) is 26.3 Å². The van der Waals surface area contributed by atoms with E-state index in [1.807, 2.05) is 0 Å². The van der Waals surface area contributed by atoms with Crippen LogP contribution < -0.4 is 5.32 Å². The third-order valence-electron chi connectivity index (χ3n) is 5.49. The van der Waals surface area contributed by atoms with E-state index in [1.54, 1.807) is 27.2 Å². The van der Waals surface area contributed by atoms with E-state index in [4.69, 9.17) is 5.11 Å². The molecule has 42 heavy (non-hydrogen) atoms. The number of rotatable bonds is 9. The third-order valence-corrected chi connectivity index (χ3v) is 6.63. The largest absolute Gasteiger partial charge is 0.416 e. The summed E-state index contributed by atoms with van der Waals surface area (Å²) in [4.78, 5) is 11.6. The van der Waals surface area contributed by atoms with Gasteiger partial charge in [-0.1, -0.05) is 63.3 Å². The van der Waals surface area contributed by atoms with Crippen LogP contribution in [-0.4, -0.2) is 53.6 Å². The lowest BCUT2D eigenvalue weighted by Crippen LogP contribution is -2.26. The second kappa shape index (κ2) is 20.3. The molecule has 244 valence electrons. The van der Waals surface area contributed by atoms with Crippen LogP contribution in [0.3, 0.4) is 0 Å². The highest BCUT2D eigenvalue weighted by atomic mass is 32.2. The zero-order valence-electron chi connectivity index (χ0n) is 25.1. The molecule has 13 heteroatoms. The summed E-state index contributed by atoms with van der Waals surface area (Å²) in [6.45, 7) is 6.28. The fraction of sp³-hybridized carbons (Fsp3) is 0.552. The topological polar surface area (TPSA) is 92.7 Å². The van der Waals surface area contributed by atoms with E-state index >= 15 is 0 Å². The molecule has 0 aliphatic heterocycles. The van der Waals surface area contributed by atoms with Crippen molar-refractivity contribution in [3.8, 4) is 0 Å². The van der Waals surface area contributed by atoms with Gasteiger partial charge in [0.15, 0.2) is 9.84 Å². The van der Waals surface area contributed by atoms with Gasteiger partial charge < -0.3 is 15.2 Å². The maximum absolute atomic E-state index is 12.8. The van der Waals surface area contributed by atoms with Gasteiger partial charge in [-0.2, -0.15) is 26.3 Å². The Morgan fingerprint density at radius 3 is 1.90 bits per heavy atom. The monoisotopic (exact) mass is 633 g/mol. The van der Waals surface area contributed by atoms with Gasteiger partial charge >= 0.3 is 12.4 Å². The first-order chi connectivity index (χ1) is 19.4. The van der Waals surface area contributed by atoms with E-state index in [2.05, 4.69) is 23.9 Å². The number of carbonyl (C=O) groups is 1. The number of unbranched alkanes of at least 4 members (excludes halogenated alkanes) is 1. The fourth-order valence-electron chi connectivity index (χ4n) is 3.57. The number of amides is 1. The Balaban J connectivity index is -0.000000779. The molecule has 1 unspecified atom stereocenters. The Labute approximate surface area is 246 Å². The van der Waals surface area contributed by atoms with E-state index in [1.165, 1.54) is 6.07 Å². The van der Waals surface area contributed by atoms with Crippen LogP contribution in [0.15, 0.2) is 47.4 Å². The molecular formula is C29H45F6NO5S. The number of ether oxygens (including phenoxy) is 1. The number of hydrogen-bond acceptors (Lipinski definition) is 5. The molecule has 0 radical (unpaired) electrons. The molecular weight excluding hydrogens is 588 g/mol. The SMILES string of the molecule is CCCC(C)CCCCNC(=O)c1ccc(C(F)(F)F)cc1S(C)(=O)=O.CO.COC.Cc1cccc(C(F)(F)F)c1.[HH]. The van der Waals surface area contributed by atoms with Crippen molar-refractivity contribution in [2.24, 2.45) is 5.92 Å². The number of methoxy groups -OCH3 is 1. The molecule has 0 aliphatic carbocycles. The first-order valence-electron chi connectivity index (χ1n) is 13.1. The fourth-order valence-corrected chi connectivity index (χ4v) is 4.47. The van der Waals surface area contributed by atoms with Crippen LogP contribution >= 0.6 is 0 Å². The van der Waals surface area contributed by atoms with Crippen molar-refractivity contribution in [3.05, 3.63) is 64.7 Å². The first-order valence-corrected chi connectivity index (χ1v) is 15.0. The van der Waals surface area contributed by atoms with Crippen LogP contribution in [0.25, 0.3) is 0 Å². The molecule has 0 heterocycles. The van der Waals surface area contributed by atoms with E-state index in [0.29, 0.717) is 24.1 Å². The smallest absolute Gasteiger partial charge is 0.400 e. The number of sulfone groups is 1. The van der Waals surface area contributed by atoms with Gasteiger partial charge in [0.05, 0.1) is 21.6 Å². The van der Waals surface area contributed by atoms with Crippen molar-refractivity contribution in [2.45, 2.75) is 70.1 Å². The summed E-state index contributed by atoms with van der Waals surface area (Å²) in [5.74, 6) is -0.0665. The number of benzene rings is 2.